The molecule has 0 bridgehead atoms. The molecule has 2 aromatic rings. The van der Waals surface area contributed by atoms with Crippen LogP contribution in [0.2, 0.25) is 0 Å². The summed E-state index contributed by atoms with van der Waals surface area (Å²) >= 11 is 3.48. The van der Waals surface area contributed by atoms with Gasteiger partial charge in [-0.2, -0.15) is 0 Å². The Balaban J connectivity index is 1.86. The van der Waals surface area contributed by atoms with Gasteiger partial charge in [-0.1, -0.05) is 35.7 Å². The van der Waals surface area contributed by atoms with Gasteiger partial charge in [-0.15, -0.1) is 0 Å². The largest absolute Gasteiger partial charge is 0.369 e. The minimum atomic E-state index is 0.645. The van der Waals surface area contributed by atoms with Gasteiger partial charge in [0, 0.05) is 11.0 Å². The summed E-state index contributed by atoms with van der Waals surface area (Å²) in [4.78, 5) is 4.47. The van der Waals surface area contributed by atoms with Crippen molar-refractivity contribution in [1.29, 1.82) is 0 Å². The van der Waals surface area contributed by atoms with Crippen LogP contribution < -0.4 is 5.73 Å². The summed E-state index contributed by atoms with van der Waals surface area (Å²) in [5.41, 5.74) is 8.22. The highest BCUT2D eigenvalue weighted by Crippen LogP contribution is 2.31. The molecule has 4 heteroatoms. The maximum absolute atomic E-state index is 6.08. The second kappa shape index (κ2) is 5.16. The van der Waals surface area contributed by atoms with E-state index in [0.717, 1.165) is 33.9 Å². The molecule has 0 saturated heterocycles. The van der Waals surface area contributed by atoms with Crippen molar-refractivity contribution in [3.63, 3.8) is 0 Å². The van der Waals surface area contributed by atoms with Gasteiger partial charge in [0.1, 0.15) is 0 Å². The predicted molar refractivity (Wildman–Crippen MR) is 83.0 cm³/mol. The first-order valence-corrected chi connectivity index (χ1v) is 7.84. The van der Waals surface area contributed by atoms with Crippen LogP contribution in [0, 0.1) is 11.8 Å². The van der Waals surface area contributed by atoms with E-state index < -0.39 is 0 Å². The van der Waals surface area contributed by atoms with Crippen LogP contribution in [-0.2, 0) is 6.54 Å². The maximum Gasteiger partial charge on any atom is 0.201 e. The van der Waals surface area contributed by atoms with E-state index in [2.05, 4.69) is 44.5 Å². The summed E-state index contributed by atoms with van der Waals surface area (Å²) in [6.45, 7) is 3.37. The summed E-state index contributed by atoms with van der Waals surface area (Å²) in [5, 5.41) is 0. The van der Waals surface area contributed by atoms with Gasteiger partial charge in [0.05, 0.1) is 11.0 Å². The summed E-state index contributed by atoms with van der Waals surface area (Å²) in [6, 6.07) is 6.20. The van der Waals surface area contributed by atoms with Crippen molar-refractivity contribution in [3.05, 3.63) is 22.7 Å². The van der Waals surface area contributed by atoms with Crippen molar-refractivity contribution in [3.8, 4) is 0 Å². The number of nitrogens with zero attached hydrogens (tertiary/aromatic N) is 2. The lowest BCUT2D eigenvalue weighted by molar-refractivity contribution is 0.267. The number of hydrogen-bond acceptors (Lipinski definition) is 2. The van der Waals surface area contributed by atoms with Crippen molar-refractivity contribution < 1.29 is 0 Å². The Morgan fingerprint density at radius 3 is 2.79 bits per heavy atom. The monoisotopic (exact) mass is 321 g/mol. The van der Waals surface area contributed by atoms with Gasteiger partial charge in [0.15, 0.2) is 0 Å². The van der Waals surface area contributed by atoms with Crippen LogP contribution in [0.5, 0.6) is 0 Å². The topological polar surface area (TPSA) is 43.8 Å². The average molecular weight is 322 g/mol. The quantitative estimate of drug-likeness (QED) is 0.900. The maximum atomic E-state index is 6.08. The summed E-state index contributed by atoms with van der Waals surface area (Å²) in [6.07, 6.45) is 5.33. The summed E-state index contributed by atoms with van der Waals surface area (Å²) < 4.78 is 3.23. The Kier molecular flexibility index (Phi) is 3.52. The highest BCUT2D eigenvalue weighted by atomic mass is 79.9. The van der Waals surface area contributed by atoms with Crippen molar-refractivity contribution in [1.82, 2.24) is 9.55 Å². The lowest BCUT2D eigenvalue weighted by Gasteiger charge is -2.26. The molecular weight excluding hydrogens is 302 g/mol. The number of anilines is 1. The van der Waals surface area contributed by atoms with Crippen LogP contribution in [0.3, 0.4) is 0 Å². The summed E-state index contributed by atoms with van der Waals surface area (Å²) in [5.74, 6) is 2.29. The molecule has 1 saturated carbocycles. The molecule has 1 aromatic heterocycles. The zero-order valence-electron chi connectivity index (χ0n) is 11.3. The van der Waals surface area contributed by atoms with Crippen LogP contribution in [-0.4, -0.2) is 9.55 Å². The molecule has 0 atom stereocenters. The zero-order valence-corrected chi connectivity index (χ0v) is 12.9. The molecule has 1 heterocycles. The molecule has 0 spiro atoms. The molecule has 1 aliphatic carbocycles. The van der Waals surface area contributed by atoms with Crippen LogP contribution in [0.25, 0.3) is 11.0 Å². The number of aromatic nitrogens is 2. The molecule has 1 fully saturated rings. The Bertz CT molecular complexity index is 582. The molecule has 3 rings (SSSR count). The van der Waals surface area contributed by atoms with Gasteiger partial charge in [-0.05, 0) is 42.9 Å². The van der Waals surface area contributed by atoms with E-state index in [0.29, 0.717) is 5.95 Å². The number of fused-ring (bicyclic) bond motifs is 1. The molecule has 0 aliphatic heterocycles. The fraction of sp³-hybridized carbons (Fsp3) is 0.533. The van der Waals surface area contributed by atoms with Gasteiger partial charge in [-0.25, -0.2) is 4.98 Å². The molecule has 1 aromatic carbocycles. The highest BCUT2D eigenvalue weighted by molar-refractivity contribution is 9.10. The number of halogens is 1. The first-order chi connectivity index (χ1) is 9.13. The van der Waals surface area contributed by atoms with E-state index in [-0.39, 0.29) is 0 Å². The molecule has 0 amide bonds. The van der Waals surface area contributed by atoms with Crippen LogP contribution in [0.15, 0.2) is 22.7 Å². The van der Waals surface area contributed by atoms with E-state index in [1.807, 2.05) is 6.07 Å². The van der Waals surface area contributed by atoms with Gasteiger partial charge < -0.3 is 10.3 Å². The average Bonchev–Trinajstić information content (AvgIpc) is 2.68. The SMILES string of the molecule is CC1CCC(Cn2c(N)nc3cc(Br)ccc32)CC1. The van der Waals surface area contributed by atoms with Crippen molar-refractivity contribution in [2.24, 2.45) is 11.8 Å². The van der Waals surface area contributed by atoms with Crippen molar-refractivity contribution in [2.45, 2.75) is 39.2 Å². The number of benzene rings is 1. The minimum absolute atomic E-state index is 0.645. The van der Waals surface area contributed by atoms with E-state index in [9.17, 15) is 0 Å². The van der Waals surface area contributed by atoms with Crippen LogP contribution in [0.1, 0.15) is 32.6 Å². The van der Waals surface area contributed by atoms with E-state index >= 15 is 0 Å². The highest BCUT2D eigenvalue weighted by Gasteiger charge is 2.20. The lowest BCUT2D eigenvalue weighted by Crippen LogP contribution is -2.18. The second-order valence-electron chi connectivity index (χ2n) is 5.84. The van der Waals surface area contributed by atoms with Gasteiger partial charge in [0.2, 0.25) is 5.95 Å². The Labute approximate surface area is 122 Å². The van der Waals surface area contributed by atoms with Crippen molar-refractivity contribution >= 4 is 32.9 Å². The predicted octanol–water partition coefficient (Wildman–Crippen LogP) is 4.21. The third-order valence-corrected chi connectivity index (χ3v) is 4.81. The number of hydrogen-bond donors (Lipinski definition) is 1. The number of nitrogen functional groups attached to an aromatic ring is 1. The lowest BCUT2D eigenvalue weighted by atomic mass is 9.83. The van der Waals surface area contributed by atoms with Crippen molar-refractivity contribution in [2.75, 3.05) is 5.73 Å². The molecular formula is C15H20BrN3. The van der Waals surface area contributed by atoms with E-state index in [4.69, 9.17) is 5.73 Å². The van der Waals surface area contributed by atoms with Gasteiger partial charge in [0.25, 0.3) is 0 Å². The van der Waals surface area contributed by atoms with Crippen LogP contribution >= 0.6 is 15.9 Å². The molecule has 0 radical (unpaired) electrons. The fourth-order valence-electron chi connectivity index (χ4n) is 3.08. The first kappa shape index (κ1) is 13.0. The normalized spacial score (nSPS) is 23.9. The molecule has 3 nitrogen and oxygen atoms in total. The van der Waals surface area contributed by atoms with Gasteiger partial charge in [-0.3, -0.25) is 0 Å². The van der Waals surface area contributed by atoms with Crippen LogP contribution in [0.4, 0.5) is 5.95 Å². The third-order valence-electron chi connectivity index (χ3n) is 4.32. The zero-order chi connectivity index (χ0) is 13.4. The second-order valence-corrected chi connectivity index (χ2v) is 6.76. The molecule has 19 heavy (non-hydrogen) atoms. The van der Waals surface area contributed by atoms with E-state index in [1.54, 1.807) is 0 Å². The standard InChI is InChI=1S/C15H20BrN3/c1-10-2-4-11(5-3-10)9-19-14-7-6-12(16)8-13(14)18-15(19)17/h6-8,10-11H,2-5,9H2,1H3,(H2,17,18). The molecule has 0 unspecified atom stereocenters. The minimum Gasteiger partial charge on any atom is -0.369 e. The summed E-state index contributed by atoms with van der Waals surface area (Å²) in [7, 11) is 0. The molecule has 102 valence electrons. The Morgan fingerprint density at radius 1 is 1.32 bits per heavy atom. The Hall–Kier alpha value is -1.03. The molecule has 1 aliphatic rings. The van der Waals surface area contributed by atoms with Gasteiger partial charge >= 0.3 is 0 Å². The smallest absolute Gasteiger partial charge is 0.201 e. The first-order valence-electron chi connectivity index (χ1n) is 7.04. The number of rotatable bonds is 2. The number of imidazole rings is 1. The number of nitrogens with two attached hydrogens (primary N) is 1. The fourth-order valence-corrected chi connectivity index (χ4v) is 3.43. The molecule has 2 N–H and O–H groups in total. The van der Waals surface area contributed by atoms with E-state index in [1.165, 1.54) is 25.7 Å². The Morgan fingerprint density at radius 2 is 2.05 bits per heavy atom. The third kappa shape index (κ3) is 2.64.